The molecule has 5 nitrogen and oxygen atoms in total. The molecule has 0 saturated carbocycles. The largest absolute Gasteiger partial charge is 0.378 e. The Balaban J connectivity index is 2.08. The maximum absolute atomic E-state index is 12.2. The summed E-state index contributed by atoms with van der Waals surface area (Å²) in [4.78, 5) is 18.0. The van der Waals surface area contributed by atoms with Crippen LogP contribution in [0.25, 0.3) is 5.57 Å². The Morgan fingerprint density at radius 3 is 2.81 bits per heavy atom. The molecule has 1 aromatic carbocycles. The summed E-state index contributed by atoms with van der Waals surface area (Å²) in [6.45, 7) is 4.44. The van der Waals surface area contributed by atoms with Crippen LogP contribution in [-0.2, 0) is 4.74 Å². The molecule has 0 radical (unpaired) electrons. The predicted octanol–water partition coefficient (Wildman–Crippen LogP) is 2.65. The number of benzene rings is 1. The molecule has 1 saturated heterocycles. The lowest BCUT2D eigenvalue weighted by molar-refractivity contribution is 0.0564. The van der Waals surface area contributed by atoms with E-state index in [9.17, 15) is 4.79 Å². The van der Waals surface area contributed by atoms with Crippen molar-refractivity contribution in [3.8, 4) is 0 Å². The minimum Gasteiger partial charge on any atom is -0.378 e. The Hall–Kier alpha value is -2.14. The average Bonchev–Trinajstić information content (AvgIpc) is 2.53. The van der Waals surface area contributed by atoms with E-state index in [2.05, 4.69) is 10.3 Å². The van der Waals surface area contributed by atoms with E-state index in [4.69, 9.17) is 4.74 Å². The highest BCUT2D eigenvalue weighted by Crippen LogP contribution is 2.18. The van der Waals surface area contributed by atoms with E-state index in [1.807, 2.05) is 43.5 Å². The highest BCUT2D eigenvalue weighted by Gasteiger charge is 2.16. The number of anilines is 1. The first kappa shape index (κ1) is 15.3. The second-order valence-corrected chi connectivity index (χ2v) is 4.74. The van der Waals surface area contributed by atoms with Crippen molar-refractivity contribution in [3.63, 3.8) is 0 Å². The Bertz CT molecular complexity index is 546. The first-order chi connectivity index (χ1) is 10.2. The van der Waals surface area contributed by atoms with Gasteiger partial charge in [-0.2, -0.15) is 0 Å². The van der Waals surface area contributed by atoms with Crippen molar-refractivity contribution in [1.82, 2.24) is 4.90 Å². The molecule has 2 rings (SSSR count). The van der Waals surface area contributed by atoms with E-state index in [-0.39, 0.29) is 6.03 Å². The van der Waals surface area contributed by atoms with Gasteiger partial charge in [0.15, 0.2) is 0 Å². The molecule has 0 spiro atoms. The lowest BCUT2D eigenvalue weighted by Gasteiger charge is -2.27. The van der Waals surface area contributed by atoms with Crippen LogP contribution in [0.5, 0.6) is 0 Å². The van der Waals surface area contributed by atoms with Gasteiger partial charge in [0.2, 0.25) is 0 Å². The maximum atomic E-state index is 12.2. The lowest BCUT2D eigenvalue weighted by Crippen LogP contribution is -2.43. The number of hydrogen-bond donors (Lipinski definition) is 1. The normalized spacial score (nSPS) is 16.3. The lowest BCUT2D eigenvalue weighted by atomic mass is 10.1. The first-order valence-corrected chi connectivity index (χ1v) is 7.07. The van der Waals surface area contributed by atoms with Crippen molar-refractivity contribution < 1.29 is 9.53 Å². The van der Waals surface area contributed by atoms with E-state index >= 15 is 0 Å². The third-order valence-electron chi connectivity index (χ3n) is 3.32. The van der Waals surface area contributed by atoms with Gasteiger partial charge in [-0.1, -0.05) is 18.2 Å². The molecule has 112 valence electrons. The van der Waals surface area contributed by atoms with Gasteiger partial charge >= 0.3 is 6.03 Å². The van der Waals surface area contributed by atoms with E-state index < -0.39 is 0 Å². The molecule has 1 aromatic rings. The van der Waals surface area contributed by atoms with Gasteiger partial charge in [0.25, 0.3) is 0 Å². The molecular formula is C16H21N3O2. The highest BCUT2D eigenvalue weighted by molar-refractivity contribution is 6.10. The summed E-state index contributed by atoms with van der Waals surface area (Å²) in [6, 6.07) is 7.69. The number of hydrogen-bond acceptors (Lipinski definition) is 3. The van der Waals surface area contributed by atoms with Crippen molar-refractivity contribution >= 4 is 23.5 Å². The van der Waals surface area contributed by atoms with Crippen LogP contribution in [0.15, 0.2) is 35.3 Å². The fraction of sp³-hybridized carbons (Fsp3) is 0.375. The van der Waals surface area contributed by atoms with Crippen molar-refractivity contribution in [2.24, 2.45) is 4.99 Å². The van der Waals surface area contributed by atoms with Crippen molar-refractivity contribution in [3.05, 3.63) is 35.9 Å². The molecule has 1 aliphatic rings. The van der Waals surface area contributed by atoms with Gasteiger partial charge in [-0.05, 0) is 30.2 Å². The van der Waals surface area contributed by atoms with Crippen LogP contribution < -0.4 is 5.32 Å². The van der Waals surface area contributed by atoms with Crippen LogP contribution in [-0.4, -0.2) is 50.5 Å². The second kappa shape index (κ2) is 7.59. The summed E-state index contributed by atoms with van der Waals surface area (Å²) < 4.78 is 5.25. The van der Waals surface area contributed by atoms with Crippen LogP contribution in [0.4, 0.5) is 10.5 Å². The van der Waals surface area contributed by atoms with Gasteiger partial charge < -0.3 is 15.0 Å². The summed E-state index contributed by atoms with van der Waals surface area (Å²) in [6.07, 6.45) is 3.80. The van der Waals surface area contributed by atoms with Crippen LogP contribution in [0.3, 0.4) is 0 Å². The molecule has 1 heterocycles. The van der Waals surface area contributed by atoms with E-state index in [0.29, 0.717) is 26.3 Å². The highest BCUT2D eigenvalue weighted by atomic mass is 16.5. The number of carbonyl (C=O) groups is 1. The number of urea groups is 1. The zero-order chi connectivity index (χ0) is 15.1. The minimum absolute atomic E-state index is 0.0818. The summed E-state index contributed by atoms with van der Waals surface area (Å²) in [5.74, 6) is 0. The topological polar surface area (TPSA) is 53.9 Å². The number of aliphatic imine (C=N–C) groups is 1. The quantitative estimate of drug-likeness (QED) is 0.869. The molecule has 0 aromatic heterocycles. The first-order valence-electron chi connectivity index (χ1n) is 7.07. The van der Waals surface area contributed by atoms with Crippen LogP contribution in [0.1, 0.15) is 12.5 Å². The van der Waals surface area contributed by atoms with Crippen molar-refractivity contribution in [2.45, 2.75) is 6.92 Å². The molecule has 0 unspecified atom stereocenters. The van der Waals surface area contributed by atoms with Crippen molar-refractivity contribution in [2.75, 3.05) is 38.7 Å². The molecule has 2 amide bonds. The Morgan fingerprint density at radius 1 is 1.38 bits per heavy atom. The van der Waals surface area contributed by atoms with Gasteiger partial charge in [-0.3, -0.25) is 4.99 Å². The smallest absolute Gasteiger partial charge is 0.321 e. The van der Waals surface area contributed by atoms with Gasteiger partial charge in [-0.25, -0.2) is 4.79 Å². The van der Waals surface area contributed by atoms with E-state index in [1.54, 1.807) is 11.9 Å². The summed E-state index contributed by atoms with van der Waals surface area (Å²) in [5.41, 5.74) is 2.84. The fourth-order valence-electron chi connectivity index (χ4n) is 2.20. The molecular weight excluding hydrogens is 266 g/mol. The third-order valence-corrected chi connectivity index (χ3v) is 3.32. The van der Waals surface area contributed by atoms with E-state index in [1.165, 1.54) is 0 Å². The molecule has 21 heavy (non-hydrogen) atoms. The Labute approximate surface area is 125 Å². The van der Waals surface area contributed by atoms with Gasteiger partial charge in [0, 0.05) is 32.0 Å². The summed E-state index contributed by atoms with van der Waals surface area (Å²) in [7, 11) is 1.74. The maximum Gasteiger partial charge on any atom is 0.321 e. The Kier molecular flexibility index (Phi) is 5.51. The number of amides is 2. The van der Waals surface area contributed by atoms with Gasteiger partial charge in [0.1, 0.15) is 0 Å². The van der Waals surface area contributed by atoms with E-state index in [0.717, 1.165) is 16.8 Å². The number of ether oxygens (including phenoxy) is 1. The van der Waals surface area contributed by atoms with Crippen LogP contribution >= 0.6 is 0 Å². The second-order valence-electron chi connectivity index (χ2n) is 4.74. The zero-order valence-electron chi connectivity index (χ0n) is 12.5. The number of rotatable bonds is 3. The molecule has 1 fully saturated rings. The van der Waals surface area contributed by atoms with Crippen LogP contribution in [0.2, 0.25) is 0 Å². The molecule has 5 heteroatoms. The number of nitrogens with zero attached hydrogens (tertiary/aromatic N) is 2. The predicted molar refractivity (Wildman–Crippen MR) is 85.9 cm³/mol. The minimum atomic E-state index is -0.0818. The molecule has 0 atom stereocenters. The average molecular weight is 287 g/mol. The SMILES string of the molecule is C/C=C(\C=NC)c1cccc(NC(=O)N2CCOCC2)c1. The van der Waals surface area contributed by atoms with Gasteiger partial charge in [-0.15, -0.1) is 0 Å². The summed E-state index contributed by atoms with van der Waals surface area (Å²) >= 11 is 0. The zero-order valence-corrected chi connectivity index (χ0v) is 12.5. The third kappa shape index (κ3) is 4.16. The summed E-state index contributed by atoms with van der Waals surface area (Å²) in [5, 5.41) is 2.93. The van der Waals surface area contributed by atoms with Crippen molar-refractivity contribution in [1.29, 1.82) is 0 Å². The number of carbonyl (C=O) groups excluding carboxylic acids is 1. The molecule has 1 aliphatic heterocycles. The van der Waals surface area contributed by atoms with Crippen LogP contribution in [0, 0.1) is 0 Å². The monoisotopic (exact) mass is 287 g/mol. The Morgan fingerprint density at radius 2 is 2.14 bits per heavy atom. The number of morpholine rings is 1. The molecule has 0 bridgehead atoms. The molecule has 0 aliphatic carbocycles. The number of allylic oxidation sites excluding steroid dienone is 2. The number of nitrogens with one attached hydrogen (secondary N) is 1. The standard InChI is InChI=1S/C16H21N3O2/c1-3-13(12-17-2)14-5-4-6-15(11-14)18-16(20)19-7-9-21-10-8-19/h3-6,11-12H,7-10H2,1-2H3,(H,18,20)/b13-3+,17-12?. The fourth-order valence-corrected chi connectivity index (χ4v) is 2.20. The molecule has 1 N–H and O–H groups in total. The van der Waals surface area contributed by atoms with Gasteiger partial charge in [0.05, 0.1) is 13.2 Å².